The summed E-state index contributed by atoms with van der Waals surface area (Å²) in [7, 11) is 0. The molecule has 1 aromatic rings. The summed E-state index contributed by atoms with van der Waals surface area (Å²) in [5, 5.41) is 6.18. The highest BCUT2D eigenvalue weighted by atomic mass is 35.5. The number of nitrogens with one attached hydrogen (secondary N) is 2. The summed E-state index contributed by atoms with van der Waals surface area (Å²) in [4.78, 5) is 18.6. The molecule has 23 heavy (non-hydrogen) atoms. The predicted molar refractivity (Wildman–Crippen MR) is 102 cm³/mol. The van der Waals surface area contributed by atoms with Gasteiger partial charge in [0, 0.05) is 31.9 Å². The minimum Gasteiger partial charge on any atom is -0.357 e. The molecule has 1 aromatic heterocycles. The molecule has 0 saturated carbocycles. The van der Waals surface area contributed by atoms with Gasteiger partial charge in [-0.2, -0.15) is 0 Å². The fourth-order valence-corrected chi connectivity index (χ4v) is 2.18. The van der Waals surface area contributed by atoms with Gasteiger partial charge in [-0.25, -0.2) is 4.98 Å². The van der Waals surface area contributed by atoms with E-state index in [2.05, 4.69) is 48.2 Å². The van der Waals surface area contributed by atoms with E-state index < -0.39 is 0 Å². The second kappa shape index (κ2) is 13.4. The van der Waals surface area contributed by atoms with Crippen LogP contribution in [0, 0.1) is 0 Å². The molecule has 1 atom stereocenters. The number of pyridine rings is 1. The standard InChI is InChI=1S/C16H28N4O.2ClH/c1-5-10-20(7-3)15-9-8-14(12-18-15)16(21)19-11-13(4)17-6-2;;/h8-9,12-13,17H,5-7,10-11H2,1-4H3,(H,19,21);2*1H/t13-;;/m1../s1. The van der Waals surface area contributed by atoms with Crippen LogP contribution in [0.2, 0.25) is 0 Å². The number of hydrogen-bond donors (Lipinski definition) is 2. The van der Waals surface area contributed by atoms with E-state index >= 15 is 0 Å². The highest BCUT2D eigenvalue weighted by Gasteiger charge is 2.09. The van der Waals surface area contributed by atoms with Crippen LogP contribution in [-0.4, -0.2) is 43.1 Å². The molecular formula is C16H30Cl2N4O. The molecule has 134 valence electrons. The first kappa shape index (κ1) is 24.2. The SMILES string of the molecule is CCCN(CC)c1ccc(C(=O)NC[C@@H](C)NCC)cn1.Cl.Cl. The summed E-state index contributed by atoms with van der Waals surface area (Å²) >= 11 is 0. The summed E-state index contributed by atoms with van der Waals surface area (Å²) < 4.78 is 0. The van der Waals surface area contributed by atoms with Crippen LogP contribution >= 0.6 is 24.8 Å². The molecule has 0 aromatic carbocycles. The minimum absolute atomic E-state index is 0. The average Bonchev–Trinajstić information content (AvgIpc) is 2.51. The van der Waals surface area contributed by atoms with Gasteiger partial charge in [-0.1, -0.05) is 13.8 Å². The lowest BCUT2D eigenvalue weighted by Gasteiger charge is -2.21. The van der Waals surface area contributed by atoms with Gasteiger partial charge >= 0.3 is 0 Å². The van der Waals surface area contributed by atoms with Gasteiger partial charge in [0.2, 0.25) is 0 Å². The Labute approximate surface area is 152 Å². The van der Waals surface area contributed by atoms with Crippen molar-refractivity contribution >= 4 is 36.5 Å². The number of carbonyl (C=O) groups excluding carboxylic acids is 1. The zero-order chi connectivity index (χ0) is 15.7. The van der Waals surface area contributed by atoms with Gasteiger partial charge < -0.3 is 15.5 Å². The summed E-state index contributed by atoms with van der Waals surface area (Å²) in [6, 6.07) is 4.03. The predicted octanol–water partition coefficient (Wildman–Crippen LogP) is 2.89. The fourth-order valence-electron chi connectivity index (χ4n) is 2.18. The van der Waals surface area contributed by atoms with Crippen LogP contribution < -0.4 is 15.5 Å². The third-order valence-corrected chi connectivity index (χ3v) is 3.33. The zero-order valence-electron chi connectivity index (χ0n) is 14.5. The van der Waals surface area contributed by atoms with Gasteiger partial charge in [-0.05, 0) is 38.9 Å². The topological polar surface area (TPSA) is 57.3 Å². The highest BCUT2D eigenvalue weighted by Crippen LogP contribution is 2.11. The normalized spacial score (nSPS) is 11.0. The third kappa shape index (κ3) is 8.39. The molecule has 0 unspecified atom stereocenters. The molecule has 0 aliphatic carbocycles. The Balaban J connectivity index is 0. The number of hydrogen-bond acceptors (Lipinski definition) is 4. The van der Waals surface area contributed by atoms with E-state index in [0.29, 0.717) is 12.1 Å². The first-order valence-corrected chi connectivity index (χ1v) is 7.84. The van der Waals surface area contributed by atoms with E-state index in [1.807, 2.05) is 12.1 Å². The molecule has 0 aliphatic heterocycles. The average molecular weight is 365 g/mol. The van der Waals surface area contributed by atoms with Crippen LogP contribution in [-0.2, 0) is 0 Å². The van der Waals surface area contributed by atoms with E-state index in [4.69, 9.17) is 0 Å². The Hall–Kier alpha value is -1.04. The van der Waals surface area contributed by atoms with Crippen LogP contribution in [0.3, 0.4) is 0 Å². The van der Waals surface area contributed by atoms with Crippen molar-refractivity contribution in [2.24, 2.45) is 0 Å². The number of anilines is 1. The molecule has 0 bridgehead atoms. The van der Waals surface area contributed by atoms with E-state index in [9.17, 15) is 4.79 Å². The summed E-state index contributed by atoms with van der Waals surface area (Å²) in [6.07, 6.45) is 2.74. The molecule has 1 amide bonds. The van der Waals surface area contributed by atoms with E-state index in [1.165, 1.54) is 0 Å². The number of amides is 1. The van der Waals surface area contributed by atoms with Crippen molar-refractivity contribution in [2.45, 2.75) is 40.2 Å². The second-order valence-corrected chi connectivity index (χ2v) is 5.15. The lowest BCUT2D eigenvalue weighted by molar-refractivity contribution is 0.0950. The van der Waals surface area contributed by atoms with Crippen molar-refractivity contribution in [2.75, 3.05) is 31.1 Å². The van der Waals surface area contributed by atoms with Crippen LogP contribution in [0.1, 0.15) is 44.5 Å². The lowest BCUT2D eigenvalue weighted by atomic mass is 10.2. The Kier molecular flexibility index (Phi) is 14.1. The van der Waals surface area contributed by atoms with Crippen LogP contribution in [0.5, 0.6) is 0 Å². The van der Waals surface area contributed by atoms with Crippen LogP contribution in [0.15, 0.2) is 18.3 Å². The van der Waals surface area contributed by atoms with Gasteiger partial charge in [0.05, 0.1) is 5.56 Å². The Morgan fingerprint density at radius 2 is 1.96 bits per heavy atom. The summed E-state index contributed by atoms with van der Waals surface area (Å²) in [5.74, 6) is 0.856. The molecule has 0 spiro atoms. The number of rotatable bonds is 9. The number of carbonyl (C=O) groups is 1. The van der Waals surface area contributed by atoms with E-state index in [-0.39, 0.29) is 36.8 Å². The Morgan fingerprint density at radius 3 is 2.43 bits per heavy atom. The smallest absolute Gasteiger partial charge is 0.252 e. The van der Waals surface area contributed by atoms with Crippen molar-refractivity contribution in [3.63, 3.8) is 0 Å². The van der Waals surface area contributed by atoms with Crippen molar-refractivity contribution < 1.29 is 4.79 Å². The van der Waals surface area contributed by atoms with Crippen LogP contribution in [0.4, 0.5) is 5.82 Å². The first-order valence-electron chi connectivity index (χ1n) is 7.84. The van der Waals surface area contributed by atoms with Crippen molar-refractivity contribution in [3.8, 4) is 0 Å². The molecule has 0 fully saturated rings. The third-order valence-electron chi connectivity index (χ3n) is 3.33. The maximum atomic E-state index is 12.0. The first-order chi connectivity index (χ1) is 10.1. The van der Waals surface area contributed by atoms with Gasteiger partial charge in [-0.3, -0.25) is 4.79 Å². The van der Waals surface area contributed by atoms with Gasteiger partial charge in [0.15, 0.2) is 0 Å². The summed E-state index contributed by atoms with van der Waals surface area (Å²) in [5.41, 5.74) is 0.606. The van der Waals surface area contributed by atoms with E-state index in [0.717, 1.165) is 31.9 Å². The fraction of sp³-hybridized carbons (Fsp3) is 0.625. The Morgan fingerprint density at radius 1 is 1.26 bits per heavy atom. The molecule has 0 radical (unpaired) electrons. The second-order valence-electron chi connectivity index (χ2n) is 5.15. The number of halogens is 2. The largest absolute Gasteiger partial charge is 0.357 e. The van der Waals surface area contributed by atoms with Gasteiger partial charge in [0.25, 0.3) is 5.91 Å². The minimum atomic E-state index is -0.0719. The summed E-state index contributed by atoms with van der Waals surface area (Å²) in [6.45, 7) is 11.8. The quantitative estimate of drug-likeness (QED) is 0.707. The lowest BCUT2D eigenvalue weighted by Crippen LogP contribution is -2.38. The monoisotopic (exact) mass is 364 g/mol. The zero-order valence-corrected chi connectivity index (χ0v) is 16.1. The number of nitrogens with zero attached hydrogens (tertiary/aromatic N) is 2. The van der Waals surface area contributed by atoms with Crippen molar-refractivity contribution in [1.29, 1.82) is 0 Å². The molecule has 2 N–H and O–H groups in total. The molecule has 0 saturated heterocycles. The molecule has 7 heteroatoms. The molecular weight excluding hydrogens is 335 g/mol. The maximum Gasteiger partial charge on any atom is 0.252 e. The number of aromatic nitrogens is 1. The van der Waals surface area contributed by atoms with Crippen LogP contribution in [0.25, 0.3) is 0 Å². The molecule has 1 rings (SSSR count). The van der Waals surface area contributed by atoms with Crippen molar-refractivity contribution in [1.82, 2.24) is 15.6 Å². The van der Waals surface area contributed by atoms with Crippen molar-refractivity contribution in [3.05, 3.63) is 23.9 Å². The molecule has 5 nitrogen and oxygen atoms in total. The Bertz CT molecular complexity index is 429. The number of likely N-dealkylation sites (N-methyl/N-ethyl adjacent to an activating group) is 1. The maximum absolute atomic E-state index is 12.0. The van der Waals surface area contributed by atoms with E-state index in [1.54, 1.807) is 6.20 Å². The molecule has 0 aliphatic rings. The van der Waals surface area contributed by atoms with Gasteiger partial charge in [-0.15, -0.1) is 24.8 Å². The van der Waals surface area contributed by atoms with Gasteiger partial charge in [0.1, 0.15) is 5.82 Å². The molecule has 1 heterocycles. The highest BCUT2D eigenvalue weighted by molar-refractivity contribution is 5.94.